The molecule has 0 atom stereocenters. The fraction of sp³-hybridized carbons (Fsp3) is 0.182. The number of nitrogens with one attached hydrogen (secondary N) is 2. The van der Waals surface area contributed by atoms with E-state index in [4.69, 9.17) is 5.11 Å². The Hall–Kier alpha value is -2.55. The van der Waals surface area contributed by atoms with Gasteiger partial charge in [0, 0.05) is 18.3 Å². The van der Waals surface area contributed by atoms with Gasteiger partial charge in [-0.25, -0.2) is 24.5 Å². The van der Waals surface area contributed by atoms with Crippen molar-refractivity contribution in [2.45, 2.75) is 6.42 Å². The molecule has 0 aromatic carbocycles. The number of nitrogens with zero attached hydrogens (tertiary/aromatic N) is 3. The first kappa shape index (κ1) is 13.9. The lowest BCUT2D eigenvalue weighted by Gasteiger charge is -2.05. The molecule has 104 valence electrons. The Morgan fingerprint density at radius 3 is 2.70 bits per heavy atom. The molecule has 0 spiro atoms. The summed E-state index contributed by atoms with van der Waals surface area (Å²) in [4.78, 5) is 33.6. The number of hydrogen-bond acceptors (Lipinski definition) is 6. The molecular formula is C11H11N5O3S. The Labute approximate surface area is 117 Å². The van der Waals surface area contributed by atoms with Gasteiger partial charge in [0.2, 0.25) is 0 Å². The lowest BCUT2D eigenvalue weighted by Crippen LogP contribution is -2.30. The van der Waals surface area contributed by atoms with E-state index in [1.165, 1.54) is 35.4 Å². The van der Waals surface area contributed by atoms with E-state index in [-0.39, 0.29) is 11.7 Å². The summed E-state index contributed by atoms with van der Waals surface area (Å²) in [6, 6.07) is -0.380. The average Bonchev–Trinajstić information content (AvgIpc) is 2.89. The third-order valence-electron chi connectivity index (χ3n) is 2.21. The third-order valence-corrected chi connectivity index (χ3v) is 3.12. The molecular weight excluding hydrogens is 282 g/mol. The van der Waals surface area contributed by atoms with Crippen LogP contribution >= 0.6 is 11.3 Å². The Bertz CT molecular complexity index is 601. The van der Waals surface area contributed by atoms with Crippen molar-refractivity contribution in [3.63, 3.8) is 0 Å². The molecule has 0 aliphatic carbocycles. The highest BCUT2D eigenvalue weighted by molar-refractivity contribution is 7.09. The molecule has 2 amide bonds. The normalized spacial score (nSPS) is 10.0. The quantitative estimate of drug-likeness (QED) is 0.757. The van der Waals surface area contributed by atoms with Crippen molar-refractivity contribution in [1.29, 1.82) is 0 Å². The van der Waals surface area contributed by atoms with Crippen LogP contribution in [0.2, 0.25) is 0 Å². The van der Waals surface area contributed by atoms with Gasteiger partial charge < -0.3 is 15.7 Å². The van der Waals surface area contributed by atoms with Crippen LogP contribution in [-0.4, -0.2) is 38.6 Å². The molecule has 2 heterocycles. The number of carbonyl (C=O) groups excluding carboxylic acids is 1. The summed E-state index contributed by atoms with van der Waals surface area (Å²) in [5.41, 5.74) is 0.517. The second kappa shape index (κ2) is 6.57. The highest BCUT2D eigenvalue weighted by Crippen LogP contribution is 2.09. The van der Waals surface area contributed by atoms with Gasteiger partial charge in [-0.15, -0.1) is 11.3 Å². The fourth-order valence-corrected chi connectivity index (χ4v) is 2.12. The molecule has 0 aliphatic rings. The van der Waals surface area contributed by atoms with Crippen LogP contribution < -0.4 is 10.6 Å². The molecule has 0 radical (unpaired) electrons. The number of amides is 2. The zero-order valence-corrected chi connectivity index (χ0v) is 11.1. The summed E-state index contributed by atoms with van der Waals surface area (Å²) in [5.74, 6) is -1.05. The van der Waals surface area contributed by atoms with E-state index < -0.39 is 5.97 Å². The number of aromatic nitrogens is 3. The lowest BCUT2D eigenvalue weighted by atomic mass is 10.4. The third kappa shape index (κ3) is 3.99. The van der Waals surface area contributed by atoms with Crippen LogP contribution in [0.25, 0.3) is 0 Å². The minimum absolute atomic E-state index is 0.0240. The molecule has 20 heavy (non-hydrogen) atoms. The molecule has 0 unspecified atom stereocenters. The number of urea groups is 1. The van der Waals surface area contributed by atoms with Crippen LogP contribution in [0.4, 0.5) is 10.5 Å². The van der Waals surface area contributed by atoms with E-state index in [2.05, 4.69) is 25.6 Å². The van der Waals surface area contributed by atoms with Crippen LogP contribution in [-0.2, 0) is 6.42 Å². The van der Waals surface area contributed by atoms with Gasteiger partial charge in [0.15, 0.2) is 5.69 Å². The molecule has 3 N–H and O–H groups in total. The molecule has 0 aliphatic heterocycles. The van der Waals surface area contributed by atoms with Crippen LogP contribution in [0.1, 0.15) is 15.5 Å². The number of thiazole rings is 1. The fourth-order valence-electron chi connectivity index (χ4n) is 1.35. The zero-order chi connectivity index (χ0) is 14.4. The van der Waals surface area contributed by atoms with Crippen LogP contribution in [0.3, 0.4) is 0 Å². The summed E-state index contributed by atoms with van der Waals surface area (Å²) in [6.45, 7) is 0.353. The predicted molar refractivity (Wildman–Crippen MR) is 71.8 cm³/mol. The number of hydrogen-bond donors (Lipinski definition) is 3. The molecule has 0 bridgehead atoms. The van der Waals surface area contributed by atoms with Gasteiger partial charge in [-0.05, 0) is 0 Å². The van der Waals surface area contributed by atoms with Crippen molar-refractivity contribution in [2.75, 3.05) is 11.9 Å². The summed E-state index contributed by atoms with van der Waals surface area (Å²) in [5, 5.41) is 16.1. The first-order valence-corrected chi connectivity index (χ1v) is 6.50. The van der Waals surface area contributed by atoms with E-state index in [1.54, 1.807) is 0 Å². The molecule has 2 rings (SSSR count). The lowest BCUT2D eigenvalue weighted by molar-refractivity contribution is 0.0691. The van der Waals surface area contributed by atoms with Crippen molar-refractivity contribution >= 4 is 29.0 Å². The number of carboxylic acid groups (broad SMARTS) is 1. The van der Waals surface area contributed by atoms with Gasteiger partial charge in [-0.1, -0.05) is 0 Å². The Kier molecular flexibility index (Phi) is 4.56. The van der Waals surface area contributed by atoms with E-state index in [0.29, 0.717) is 23.7 Å². The minimum Gasteiger partial charge on any atom is -0.476 e. The van der Waals surface area contributed by atoms with Crippen molar-refractivity contribution in [2.24, 2.45) is 0 Å². The summed E-state index contributed by atoms with van der Waals surface area (Å²) in [7, 11) is 0. The molecule has 0 saturated carbocycles. The second-order valence-electron chi connectivity index (χ2n) is 3.69. The molecule has 0 fully saturated rings. The summed E-state index contributed by atoms with van der Waals surface area (Å²) < 4.78 is 0. The van der Waals surface area contributed by atoms with Crippen molar-refractivity contribution in [3.05, 3.63) is 34.8 Å². The first-order chi connectivity index (χ1) is 9.65. The Balaban J connectivity index is 1.75. The maximum atomic E-state index is 11.5. The standard InChI is InChI=1S/C11H11N5O3S/c17-10(18)8-5-20-9(16-8)1-2-14-11(19)15-7-3-12-6-13-4-7/h3-6H,1-2H2,(H,17,18)(H2,14,15,19). The number of rotatable bonds is 5. The van der Waals surface area contributed by atoms with Gasteiger partial charge >= 0.3 is 12.0 Å². The van der Waals surface area contributed by atoms with Crippen LogP contribution in [0.15, 0.2) is 24.1 Å². The Morgan fingerprint density at radius 2 is 2.05 bits per heavy atom. The van der Waals surface area contributed by atoms with E-state index in [9.17, 15) is 9.59 Å². The molecule has 2 aromatic rings. The molecule has 0 saturated heterocycles. The Morgan fingerprint density at radius 1 is 1.30 bits per heavy atom. The largest absolute Gasteiger partial charge is 0.476 e. The van der Waals surface area contributed by atoms with Crippen molar-refractivity contribution in [1.82, 2.24) is 20.3 Å². The molecule has 2 aromatic heterocycles. The van der Waals surface area contributed by atoms with Gasteiger partial charge in [-0.3, -0.25) is 0 Å². The SMILES string of the molecule is O=C(NCCc1nc(C(=O)O)cs1)Nc1cncnc1. The maximum Gasteiger partial charge on any atom is 0.355 e. The van der Waals surface area contributed by atoms with E-state index in [0.717, 1.165) is 0 Å². The van der Waals surface area contributed by atoms with Gasteiger partial charge in [0.1, 0.15) is 6.33 Å². The topological polar surface area (TPSA) is 117 Å². The summed E-state index contributed by atoms with van der Waals surface area (Å²) in [6.07, 6.45) is 4.79. The molecule has 9 heteroatoms. The van der Waals surface area contributed by atoms with Crippen LogP contribution in [0, 0.1) is 0 Å². The van der Waals surface area contributed by atoms with Crippen LogP contribution in [0.5, 0.6) is 0 Å². The van der Waals surface area contributed by atoms with Gasteiger partial charge in [0.25, 0.3) is 0 Å². The van der Waals surface area contributed by atoms with Gasteiger partial charge in [-0.2, -0.15) is 0 Å². The number of carbonyl (C=O) groups is 2. The first-order valence-electron chi connectivity index (χ1n) is 5.62. The zero-order valence-electron chi connectivity index (χ0n) is 10.2. The number of aromatic carboxylic acids is 1. The summed E-state index contributed by atoms with van der Waals surface area (Å²) >= 11 is 1.25. The predicted octanol–water partition coefficient (Wildman–Crippen LogP) is 0.995. The molecule has 8 nitrogen and oxygen atoms in total. The number of anilines is 1. The highest BCUT2D eigenvalue weighted by Gasteiger charge is 2.08. The second-order valence-corrected chi connectivity index (χ2v) is 4.63. The minimum atomic E-state index is -1.05. The number of carboxylic acids is 1. The average molecular weight is 293 g/mol. The smallest absolute Gasteiger partial charge is 0.355 e. The van der Waals surface area contributed by atoms with Crippen molar-refractivity contribution < 1.29 is 14.7 Å². The van der Waals surface area contributed by atoms with Gasteiger partial charge in [0.05, 0.1) is 23.1 Å². The van der Waals surface area contributed by atoms with E-state index in [1.807, 2.05) is 0 Å². The maximum absolute atomic E-state index is 11.5. The monoisotopic (exact) mass is 293 g/mol. The van der Waals surface area contributed by atoms with E-state index >= 15 is 0 Å². The highest BCUT2D eigenvalue weighted by atomic mass is 32.1. The van der Waals surface area contributed by atoms with Crippen molar-refractivity contribution in [3.8, 4) is 0 Å².